The number of carbonyl (C=O) groups is 2. The lowest BCUT2D eigenvalue weighted by atomic mass is 9.99. The fourth-order valence-electron chi connectivity index (χ4n) is 8.25. The number of unbranched alkanes of at least 4 members (excludes halogenated alkanes) is 29. The molecule has 64 heavy (non-hydrogen) atoms. The van der Waals surface area contributed by atoms with Crippen molar-refractivity contribution in [2.24, 2.45) is 0 Å². The van der Waals surface area contributed by atoms with Gasteiger partial charge in [-0.15, -0.1) is 0 Å². The molecule has 0 spiro atoms. The molecule has 11 nitrogen and oxygen atoms in total. The molecule has 1 amide bonds. The quantitative estimate of drug-likeness (QED) is 0.0196. The van der Waals surface area contributed by atoms with Crippen LogP contribution in [0, 0.1) is 0 Å². The van der Waals surface area contributed by atoms with Crippen LogP contribution in [0.15, 0.2) is 24.3 Å². The number of ether oxygens (including phenoxy) is 3. The van der Waals surface area contributed by atoms with Crippen LogP contribution in [0.3, 0.4) is 0 Å². The van der Waals surface area contributed by atoms with E-state index in [0.29, 0.717) is 19.4 Å². The third-order valence-electron chi connectivity index (χ3n) is 12.6. The van der Waals surface area contributed by atoms with Gasteiger partial charge in [-0.25, -0.2) is 0 Å². The highest BCUT2D eigenvalue weighted by Crippen LogP contribution is 2.23. The molecule has 1 fully saturated rings. The molecule has 376 valence electrons. The first-order valence-corrected chi connectivity index (χ1v) is 26.6. The van der Waals surface area contributed by atoms with Crippen LogP contribution in [0.4, 0.5) is 0 Å². The Labute approximate surface area is 391 Å². The molecule has 1 aliphatic heterocycles. The van der Waals surface area contributed by atoms with Gasteiger partial charge in [0.25, 0.3) is 0 Å². The van der Waals surface area contributed by atoms with E-state index in [1.807, 2.05) is 6.08 Å². The van der Waals surface area contributed by atoms with Crippen molar-refractivity contribution in [2.75, 3.05) is 19.8 Å². The predicted molar refractivity (Wildman–Crippen MR) is 260 cm³/mol. The van der Waals surface area contributed by atoms with Crippen LogP contribution < -0.4 is 5.32 Å². The summed E-state index contributed by atoms with van der Waals surface area (Å²) >= 11 is 0. The van der Waals surface area contributed by atoms with Gasteiger partial charge in [0.15, 0.2) is 6.29 Å². The SMILES string of the molecule is CCCCCCCC/C=C\CCCCCCCC(=O)OCCCCCCCCCCCCCCC(=O)NC(COC1OC(CO)C(O)C(O)C1O)C(O)/C=C/CCCCCCCCC. The number of rotatable bonds is 45. The van der Waals surface area contributed by atoms with Crippen molar-refractivity contribution in [3.63, 3.8) is 0 Å². The van der Waals surface area contributed by atoms with E-state index in [1.165, 1.54) is 141 Å². The summed E-state index contributed by atoms with van der Waals surface area (Å²) in [6.45, 7) is 4.24. The lowest BCUT2D eigenvalue weighted by Crippen LogP contribution is -2.60. The topological polar surface area (TPSA) is 175 Å². The van der Waals surface area contributed by atoms with Crippen LogP contribution in [0.2, 0.25) is 0 Å². The zero-order valence-electron chi connectivity index (χ0n) is 41.0. The van der Waals surface area contributed by atoms with Gasteiger partial charge in [0.1, 0.15) is 24.4 Å². The van der Waals surface area contributed by atoms with Crippen molar-refractivity contribution in [2.45, 2.75) is 281 Å². The largest absolute Gasteiger partial charge is 0.466 e. The number of carbonyl (C=O) groups excluding carboxylic acids is 2. The molecule has 1 heterocycles. The normalized spacial score (nSPS) is 20.0. The highest BCUT2D eigenvalue weighted by Gasteiger charge is 2.44. The molecular weight excluding hydrogens is 811 g/mol. The molecule has 7 unspecified atom stereocenters. The summed E-state index contributed by atoms with van der Waals surface area (Å²) in [5, 5.41) is 54.1. The van der Waals surface area contributed by atoms with Crippen molar-refractivity contribution in [3.8, 4) is 0 Å². The third-order valence-corrected chi connectivity index (χ3v) is 12.6. The van der Waals surface area contributed by atoms with Gasteiger partial charge >= 0.3 is 5.97 Å². The fourth-order valence-corrected chi connectivity index (χ4v) is 8.25. The van der Waals surface area contributed by atoms with E-state index in [2.05, 4.69) is 31.3 Å². The summed E-state index contributed by atoms with van der Waals surface area (Å²) in [6.07, 6.45) is 39.7. The number of hydrogen-bond acceptors (Lipinski definition) is 10. The van der Waals surface area contributed by atoms with Gasteiger partial charge in [-0.05, 0) is 57.8 Å². The second-order valence-corrected chi connectivity index (χ2v) is 18.6. The number of allylic oxidation sites excluding steroid dienone is 3. The zero-order chi connectivity index (χ0) is 46.7. The van der Waals surface area contributed by atoms with Crippen LogP contribution in [0.5, 0.6) is 0 Å². The monoisotopic (exact) mass is 910 g/mol. The Morgan fingerprint density at radius 1 is 0.562 bits per heavy atom. The van der Waals surface area contributed by atoms with E-state index in [1.54, 1.807) is 6.08 Å². The highest BCUT2D eigenvalue weighted by atomic mass is 16.7. The molecule has 11 heteroatoms. The molecule has 0 radical (unpaired) electrons. The summed E-state index contributed by atoms with van der Waals surface area (Å²) in [5.74, 6) is -0.242. The first-order chi connectivity index (χ1) is 31.2. The maximum absolute atomic E-state index is 13.0. The summed E-state index contributed by atoms with van der Waals surface area (Å²) in [6, 6.07) is -0.820. The van der Waals surface area contributed by atoms with E-state index in [-0.39, 0.29) is 18.5 Å². The molecule has 1 aliphatic rings. The van der Waals surface area contributed by atoms with Crippen LogP contribution in [0.25, 0.3) is 0 Å². The average Bonchev–Trinajstić information content (AvgIpc) is 3.29. The average molecular weight is 910 g/mol. The van der Waals surface area contributed by atoms with Gasteiger partial charge in [0, 0.05) is 12.8 Å². The summed E-state index contributed by atoms with van der Waals surface area (Å²) in [4.78, 5) is 25.0. The van der Waals surface area contributed by atoms with Gasteiger partial charge in [-0.1, -0.05) is 192 Å². The molecule has 1 rings (SSSR count). The number of amides is 1. The molecular formula is C53H99NO10. The van der Waals surface area contributed by atoms with Gasteiger partial charge in [-0.2, -0.15) is 0 Å². The smallest absolute Gasteiger partial charge is 0.305 e. The van der Waals surface area contributed by atoms with Crippen molar-refractivity contribution in [1.29, 1.82) is 0 Å². The molecule has 0 aromatic rings. The number of esters is 1. The van der Waals surface area contributed by atoms with E-state index in [9.17, 15) is 35.1 Å². The minimum absolute atomic E-state index is 0.0417. The second-order valence-electron chi connectivity index (χ2n) is 18.6. The summed E-state index contributed by atoms with van der Waals surface area (Å²) in [7, 11) is 0. The van der Waals surface area contributed by atoms with Gasteiger partial charge in [-0.3, -0.25) is 9.59 Å². The third kappa shape index (κ3) is 33.6. The Morgan fingerprint density at radius 2 is 1.00 bits per heavy atom. The minimum Gasteiger partial charge on any atom is -0.466 e. The first-order valence-electron chi connectivity index (χ1n) is 26.6. The molecule has 0 saturated carbocycles. The molecule has 1 saturated heterocycles. The molecule has 6 N–H and O–H groups in total. The Morgan fingerprint density at radius 3 is 1.50 bits per heavy atom. The number of aliphatic hydroxyl groups excluding tert-OH is 5. The zero-order valence-corrected chi connectivity index (χ0v) is 41.0. The van der Waals surface area contributed by atoms with E-state index in [4.69, 9.17) is 14.2 Å². The van der Waals surface area contributed by atoms with Crippen molar-refractivity contribution >= 4 is 11.9 Å². The number of nitrogens with one attached hydrogen (secondary N) is 1. The lowest BCUT2D eigenvalue weighted by molar-refractivity contribution is -0.302. The molecule has 0 aromatic heterocycles. The Balaban J connectivity index is 2.11. The Kier molecular flexibility index (Phi) is 41.1. The second kappa shape index (κ2) is 43.7. The fraction of sp³-hybridized carbons (Fsp3) is 0.887. The van der Waals surface area contributed by atoms with Crippen LogP contribution in [0.1, 0.15) is 239 Å². The van der Waals surface area contributed by atoms with Gasteiger partial charge in [0.2, 0.25) is 5.91 Å². The predicted octanol–water partition coefficient (Wildman–Crippen LogP) is 11.0. The van der Waals surface area contributed by atoms with E-state index >= 15 is 0 Å². The summed E-state index contributed by atoms with van der Waals surface area (Å²) < 4.78 is 16.6. The maximum Gasteiger partial charge on any atom is 0.305 e. The van der Waals surface area contributed by atoms with Gasteiger partial charge in [0.05, 0.1) is 32.0 Å². The highest BCUT2D eigenvalue weighted by molar-refractivity contribution is 5.76. The van der Waals surface area contributed by atoms with Crippen molar-refractivity contribution in [1.82, 2.24) is 5.32 Å². The standard InChI is InChI=1S/C53H99NO10/c1-3-5-7-9-11-13-14-15-16-17-21-25-29-33-37-41-49(58)62-42-38-34-30-26-22-19-18-20-24-28-32-36-40-48(57)54-45(46(56)39-35-31-27-23-12-10-8-6-4-2)44-63-53-52(61)51(60)50(59)47(43-55)64-53/h15-16,35,39,45-47,50-53,55-56,59-61H,3-14,17-34,36-38,40-44H2,1-2H3,(H,54,57)/b16-15-,39-35+. The summed E-state index contributed by atoms with van der Waals surface area (Å²) in [5.41, 5.74) is 0. The minimum atomic E-state index is -1.58. The first kappa shape index (κ1) is 60.2. The molecule has 0 aromatic carbocycles. The Bertz CT molecular complexity index is 1120. The van der Waals surface area contributed by atoms with Crippen molar-refractivity contribution < 1.29 is 49.3 Å². The van der Waals surface area contributed by atoms with E-state index in [0.717, 1.165) is 70.6 Å². The number of aliphatic hydroxyl groups is 5. The van der Waals surface area contributed by atoms with Crippen LogP contribution in [-0.2, 0) is 23.8 Å². The number of hydrogen-bond donors (Lipinski definition) is 6. The molecule has 7 atom stereocenters. The Hall–Kier alpha value is -1.86. The maximum atomic E-state index is 13.0. The molecule has 0 aliphatic carbocycles. The van der Waals surface area contributed by atoms with Crippen molar-refractivity contribution in [3.05, 3.63) is 24.3 Å². The molecule has 0 bridgehead atoms. The lowest BCUT2D eigenvalue weighted by Gasteiger charge is -2.40. The van der Waals surface area contributed by atoms with Gasteiger partial charge < -0.3 is 45.1 Å². The van der Waals surface area contributed by atoms with Crippen LogP contribution >= 0.6 is 0 Å². The van der Waals surface area contributed by atoms with E-state index < -0.39 is 49.5 Å². The van der Waals surface area contributed by atoms with Crippen LogP contribution in [-0.4, -0.2) is 100 Å².